The molecule has 1 aliphatic carbocycles. The maximum Gasteiger partial charge on any atom is -0.0230 e. The van der Waals surface area contributed by atoms with Gasteiger partial charge in [-0.3, -0.25) is 0 Å². The van der Waals surface area contributed by atoms with Crippen LogP contribution in [-0.2, 0) is 0 Å². The van der Waals surface area contributed by atoms with Crippen LogP contribution in [0, 0.1) is 6.08 Å². The van der Waals surface area contributed by atoms with Crippen molar-refractivity contribution in [2.75, 3.05) is 0 Å². The molecule has 0 fully saturated rings. The second-order valence-corrected chi connectivity index (χ2v) is 3.49. The Balaban J connectivity index is 2.33. The molecular weight excluding hydrogens is 168 g/mol. The van der Waals surface area contributed by atoms with E-state index in [9.17, 15) is 0 Å². The molecule has 0 aromatic heterocycles. The van der Waals surface area contributed by atoms with E-state index in [-0.39, 0.29) is 0 Å². The molecule has 0 nitrogen and oxygen atoms in total. The van der Waals surface area contributed by atoms with Gasteiger partial charge in [-0.25, -0.2) is 0 Å². The fraction of sp³-hybridized carbons (Fsp3) is 0.429. The van der Waals surface area contributed by atoms with E-state index in [0.717, 1.165) is 12.8 Å². The minimum Gasteiger partial charge on any atom is -0.0845 e. The largest absolute Gasteiger partial charge is 0.0845 e. The van der Waals surface area contributed by atoms with E-state index in [1.807, 2.05) is 6.08 Å². The predicted octanol–water partition coefficient (Wildman–Crippen LogP) is 4.37. The van der Waals surface area contributed by atoms with Crippen LogP contribution in [0.2, 0.25) is 0 Å². The molecule has 0 saturated heterocycles. The lowest BCUT2D eigenvalue weighted by Gasteiger charge is -1.91. The van der Waals surface area contributed by atoms with Gasteiger partial charge in [0.2, 0.25) is 0 Å². The van der Waals surface area contributed by atoms with Gasteiger partial charge in [-0.05, 0) is 44.6 Å². The Morgan fingerprint density at radius 1 is 0.714 bits per heavy atom. The summed E-state index contributed by atoms with van der Waals surface area (Å²) in [6, 6.07) is 0. The quantitative estimate of drug-likeness (QED) is 0.528. The highest BCUT2D eigenvalue weighted by molar-refractivity contribution is 5.03. The zero-order valence-electron chi connectivity index (χ0n) is 8.78. The van der Waals surface area contributed by atoms with Crippen LogP contribution in [0.25, 0.3) is 0 Å². The Morgan fingerprint density at radius 2 is 1.36 bits per heavy atom. The van der Waals surface area contributed by atoms with E-state index in [2.05, 4.69) is 42.5 Å². The Hall–Kier alpha value is -1.04. The number of hydrogen-bond acceptors (Lipinski definition) is 0. The molecule has 0 bridgehead atoms. The third kappa shape index (κ3) is 6.47. The Morgan fingerprint density at radius 3 is 2.14 bits per heavy atom. The molecule has 0 aromatic rings. The van der Waals surface area contributed by atoms with Crippen LogP contribution in [-0.4, -0.2) is 0 Å². The third-order valence-corrected chi connectivity index (χ3v) is 2.18. The van der Waals surface area contributed by atoms with E-state index in [1.54, 1.807) is 0 Å². The molecule has 75 valence electrons. The van der Waals surface area contributed by atoms with Crippen molar-refractivity contribution in [2.45, 2.75) is 38.5 Å². The van der Waals surface area contributed by atoms with Crippen LogP contribution in [0.4, 0.5) is 0 Å². The first-order valence-electron chi connectivity index (χ1n) is 5.54. The molecule has 0 heterocycles. The molecule has 0 heteroatoms. The zero-order valence-corrected chi connectivity index (χ0v) is 8.78. The summed E-state index contributed by atoms with van der Waals surface area (Å²) in [6.45, 7) is 0. The summed E-state index contributed by atoms with van der Waals surface area (Å²) in [7, 11) is 0. The Kier molecular flexibility index (Phi) is 6.74. The summed E-state index contributed by atoms with van der Waals surface area (Å²) in [5.74, 6) is 0. The van der Waals surface area contributed by atoms with Gasteiger partial charge in [0.1, 0.15) is 0 Å². The number of allylic oxidation sites excluding steroid dienone is 8. The maximum absolute atomic E-state index is 3.19. The molecule has 0 N–H and O–H groups in total. The predicted molar refractivity (Wildman–Crippen MR) is 62.9 cm³/mol. The van der Waals surface area contributed by atoms with Crippen LogP contribution in [0.3, 0.4) is 0 Å². The molecule has 0 amide bonds. The molecule has 0 spiro atoms. The van der Waals surface area contributed by atoms with E-state index < -0.39 is 0 Å². The second-order valence-electron chi connectivity index (χ2n) is 3.49. The molecule has 1 aliphatic rings. The fourth-order valence-corrected chi connectivity index (χ4v) is 1.34. The van der Waals surface area contributed by atoms with Gasteiger partial charge in [0.25, 0.3) is 0 Å². The van der Waals surface area contributed by atoms with Crippen molar-refractivity contribution in [3.63, 3.8) is 0 Å². The topological polar surface area (TPSA) is 0 Å². The molecular formula is C14H19. The van der Waals surface area contributed by atoms with Gasteiger partial charge in [0.15, 0.2) is 0 Å². The zero-order chi connectivity index (χ0) is 9.90. The summed E-state index contributed by atoms with van der Waals surface area (Å²) in [4.78, 5) is 0. The lowest BCUT2D eigenvalue weighted by atomic mass is 10.2. The Bertz CT molecular complexity index is 178. The average Bonchev–Trinajstić information content (AvgIpc) is 2.22. The summed E-state index contributed by atoms with van der Waals surface area (Å²) < 4.78 is 0. The molecule has 0 aliphatic heterocycles. The highest BCUT2D eigenvalue weighted by atomic mass is 13.9. The molecule has 0 saturated carbocycles. The van der Waals surface area contributed by atoms with Crippen molar-refractivity contribution >= 4 is 0 Å². The highest BCUT2D eigenvalue weighted by Crippen LogP contribution is 2.02. The first-order chi connectivity index (χ1) is 7.00. The van der Waals surface area contributed by atoms with Crippen molar-refractivity contribution in [3.8, 4) is 0 Å². The summed E-state index contributed by atoms with van der Waals surface area (Å²) in [6.07, 6.45) is 25.5. The molecule has 0 aromatic carbocycles. The van der Waals surface area contributed by atoms with Crippen LogP contribution in [0.15, 0.2) is 42.5 Å². The fourth-order valence-electron chi connectivity index (χ4n) is 1.34. The lowest BCUT2D eigenvalue weighted by Crippen LogP contribution is -1.71. The highest BCUT2D eigenvalue weighted by Gasteiger charge is 1.82. The van der Waals surface area contributed by atoms with Crippen molar-refractivity contribution in [2.24, 2.45) is 0 Å². The van der Waals surface area contributed by atoms with Crippen LogP contribution >= 0.6 is 0 Å². The molecule has 14 heavy (non-hydrogen) atoms. The molecule has 0 atom stereocenters. The first-order valence-corrected chi connectivity index (χ1v) is 5.54. The van der Waals surface area contributed by atoms with Gasteiger partial charge in [-0.1, -0.05) is 42.5 Å². The SMILES string of the molecule is [C]1=C/CCC/C=C\C=C\CCC\C=C/1. The van der Waals surface area contributed by atoms with Crippen molar-refractivity contribution in [1.82, 2.24) is 0 Å². The molecule has 1 radical (unpaired) electrons. The van der Waals surface area contributed by atoms with E-state index in [4.69, 9.17) is 0 Å². The minimum atomic E-state index is 1.14. The number of hydrogen-bond donors (Lipinski definition) is 0. The van der Waals surface area contributed by atoms with Crippen LogP contribution < -0.4 is 0 Å². The monoisotopic (exact) mass is 187 g/mol. The lowest BCUT2D eigenvalue weighted by molar-refractivity contribution is 0.860. The average molecular weight is 187 g/mol. The van der Waals surface area contributed by atoms with E-state index in [1.165, 1.54) is 25.7 Å². The van der Waals surface area contributed by atoms with Crippen molar-refractivity contribution in [3.05, 3.63) is 48.6 Å². The molecule has 1 rings (SSSR count). The van der Waals surface area contributed by atoms with Gasteiger partial charge in [-0.15, -0.1) is 0 Å². The van der Waals surface area contributed by atoms with Gasteiger partial charge in [0, 0.05) is 0 Å². The van der Waals surface area contributed by atoms with Gasteiger partial charge < -0.3 is 0 Å². The van der Waals surface area contributed by atoms with Crippen LogP contribution in [0.5, 0.6) is 0 Å². The summed E-state index contributed by atoms with van der Waals surface area (Å²) in [5, 5.41) is 0. The van der Waals surface area contributed by atoms with Crippen molar-refractivity contribution < 1.29 is 0 Å². The number of rotatable bonds is 0. The van der Waals surface area contributed by atoms with E-state index >= 15 is 0 Å². The van der Waals surface area contributed by atoms with Crippen molar-refractivity contribution in [1.29, 1.82) is 0 Å². The van der Waals surface area contributed by atoms with Gasteiger partial charge >= 0.3 is 0 Å². The third-order valence-electron chi connectivity index (χ3n) is 2.18. The van der Waals surface area contributed by atoms with Crippen LogP contribution in [0.1, 0.15) is 38.5 Å². The second kappa shape index (κ2) is 8.55. The molecule has 0 unspecified atom stereocenters. The normalized spacial score (nSPS) is 28.6. The summed E-state index contributed by atoms with van der Waals surface area (Å²) >= 11 is 0. The smallest absolute Gasteiger partial charge is 0.0230 e. The standard InChI is InChI=1S/C14H19/c1-2-4-6-8-10-12-14-13-11-9-7-5-3-1/h1-4,11-13H,5-10H2/b3-1+,4-2-,13-11-,14-12?. The summed E-state index contributed by atoms with van der Waals surface area (Å²) in [5.41, 5.74) is 0. The first kappa shape index (κ1) is 11.0. The Labute approximate surface area is 87.7 Å². The minimum absolute atomic E-state index is 1.14. The van der Waals surface area contributed by atoms with Gasteiger partial charge in [-0.2, -0.15) is 0 Å². The van der Waals surface area contributed by atoms with Gasteiger partial charge in [0.05, 0.1) is 0 Å². The van der Waals surface area contributed by atoms with E-state index in [0.29, 0.717) is 0 Å². The maximum atomic E-state index is 3.19.